The third-order valence-electron chi connectivity index (χ3n) is 14.2. The first-order valence-electron chi connectivity index (χ1n) is 22.0. The molecular formula is C49H74N2O9Si3. The van der Waals surface area contributed by atoms with Gasteiger partial charge < -0.3 is 32.2 Å². The lowest BCUT2D eigenvalue weighted by molar-refractivity contribution is -0.174. The molecule has 0 aliphatic carbocycles. The zero-order chi connectivity index (χ0) is 47.0. The van der Waals surface area contributed by atoms with Crippen molar-refractivity contribution in [2.24, 2.45) is 0 Å². The molecule has 4 atom stereocenters. The maximum Gasteiger partial charge on any atom is 0.330 e. The van der Waals surface area contributed by atoms with Gasteiger partial charge in [0.25, 0.3) is 5.56 Å². The number of aromatic nitrogens is 2. The largest absolute Gasteiger partial charge is 0.497 e. The molecule has 4 aromatic rings. The highest BCUT2D eigenvalue weighted by molar-refractivity contribution is 6.75. The van der Waals surface area contributed by atoms with E-state index in [-0.39, 0.29) is 28.3 Å². The van der Waals surface area contributed by atoms with E-state index in [0.717, 1.165) is 16.7 Å². The fourth-order valence-electron chi connectivity index (χ4n) is 7.07. The van der Waals surface area contributed by atoms with Gasteiger partial charge in [-0.1, -0.05) is 117 Å². The van der Waals surface area contributed by atoms with Crippen molar-refractivity contribution in [3.63, 3.8) is 0 Å². The molecule has 0 unspecified atom stereocenters. The van der Waals surface area contributed by atoms with Crippen LogP contribution in [0.25, 0.3) is 0 Å². The van der Waals surface area contributed by atoms with Gasteiger partial charge in [0.1, 0.15) is 34.9 Å². The summed E-state index contributed by atoms with van der Waals surface area (Å²) in [6.07, 6.45) is -1.16. The van der Waals surface area contributed by atoms with Gasteiger partial charge in [-0.3, -0.25) is 14.3 Å². The summed E-state index contributed by atoms with van der Waals surface area (Å²) in [4.78, 5) is 29.1. The molecule has 346 valence electrons. The SMILES string of the molecule is COc1ccc(C(OC[C@]2(CO[Si](C)(C)C(C)(C)C)O[C@@H](n3ccc(=O)[nH]c3=O)[C@H](O[Si](C)(C)C(C)(C)C)[C@@H]2O[Si](C)(C)C(C)(C)C)(c2ccccc2)c2ccc(OC)cc2)cc1. The molecule has 5 rings (SSSR count). The Balaban J connectivity index is 1.88. The Labute approximate surface area is 379 Å². The normalized spacial score (nSPS) is 20.5. The Hall–Kier alpha value is -3.61. The number of nitrogens with zero attached hydrogens (tertiary/aromatic N) is 1. The molecule has 1 aliphatic rings. The van der Waals surface area contributed by atoms with Crippen LogP contribution >= 0.6 is 0 Å². The van der Waals surface area contributed by atoms with Gasteiger partial charge in [-0.15, -0.1) is 0 Å². The van der Waals surface area contributed by atoms with E-state index in [0.29, 0.717) is 11.5 Å². The van der Waals surface area contributed by atoms with Crippen LogP contribution in [0, 0.1) is 0 Å². The van der Waals surface area contributed by atoms with Crippen LogP contribution in [0.4, 0.5) is 0 Å². The van der Waals surface area contributed by atoms with Crippen LogP contribution in [0.2, 0.25) is 54.4 Å². The Kier molecular flexibility index (Phi) is 14.7. The Bertz CT molecular complexity index is 2210. The Morgan fingerprint density at radius 2 is 1.08 bits per heavy atom. The molecule has 11 nitrogen and oxygen atoms in total. The number of hydrogen-bond acceptors (Lipinski definition) is 9. The van der Waals surface area contributed by atoms with E-state index < -0.39 is 65.8 Å². The first-order valence-corrected chi connectivity index (χ1v) is 30.7. The summed E-state index contributed by atoms with van der Waals surface area (Å²) in [5.74, 6) is 1.41. The van der Waals surface area contributed by atoms with Crippen molar-refractivity contribution in [3.8, 4) is 11.5 Å². The molecule has 0 radical (unpaired) electrons. The molecule has 1 aromatic heterocycles. The van der Waals surface area contributed by atoms with E-state index in [4.69, 9.17) is 32.2 Å². The number of aromatic amines is 1. The summed E-state index contributed by atoms with van der Waals surface area (Å²) < 4.78 is 50.5. The summed E-state index contributed by atoms with van der Waals surface area (Å²) in [6, 6.07) is 27.3. The molecule has 63 heavy (non-hydrogen) atoms. The Morgan fingerprint density at radius 1 is 0.619 bits per heavy atom. The zero-order valence-corrected chi connectivity index (χ0v) is 43.9. The summed E-state index contributed by atoms with van der Waals surface area (Å²) in [5.41, 5.74) is -1.14. The second-order valence-corrected chi connectivity index (χ2v) is 35.9. The van der Waals surface area contributed by atoms with Gasteiger partial charge in [-0.05, 0) is 95.4 Å². The van der Waals surface area contributed by atoms with E-state index in [9.17, 15) is 9.59 Å². The second kappa shape index (κ2) is 18.3. The van der Waals surface area contributed by atoms with Crippen LogP contribution in [0.5, 0.6) is 11.5 Å². The highest BCUT2D eigenvalue weighted by atomic mass is 28.4. The highest BCUT2D eigenvalue weighted by Crippen LogP contribution is 2.51. The minimum atomic E-state index is -2.69. The number of rotatable bonds is 16. The van der Waals surface area contributed by atoms with Crippen LogP contribution in [0.3, 0.4) is 0 Å². The van der Waals surface area contributed by atoms with Crippen molar-refractivity contribution < 1.29 is 32.2 Å². The Morgan fingerprint density at radius 3 is 1.52 bits per heavy atom. The van der Waals surface area contributed by atoms with Crippen molar-refractivity contribution in [1.82, 2.24) is 9.55 Å². The fraction of sp³-hybridized carbons (Fsp3) is 0.551. The lowest BCUT2D eigenvalue weighted by Gasteiger charge is -2.48. The number of hydrogen-bond donors (Lipinski definition) is 1. The van der Waals surface area contributed by atoms with Crippen LogP contribution in [0.15, 0.2) is 101 Å². The third kappa shape index (κ3) is 10.4. The van der Waals surface area contributed by atoms with Crippen molar-refractivity contribution in [3.05, 3.63) is 129 Å². The molecule has 2 heterocycles. The molecule has 1 saturated heterocycles. The fourth-order valence-corrected chi connectivity index (χ4v) is 10.7. The highest BCUT2D eigenvalue weighted by Gasteiger charge is 2.63. The summed E-state index contributed by atoms with van der Waals surface area (Å²) in [7, 11) is -4.55. The predicted molar refractivity (Wildman–Crippen MR) is 260 cm³/mol. The number of methoxy groups -OCH3 is 2. The molecule has 3 aromatic carbocycles. The van der Waals surface area contributed by atoms with E-state index in [1.807, 2.05) is 66.7 Å². The van der Waals surface area contributed by atoms with Gasteiger partial charge in [0.05, 0.1) is 27.4 Å². The van der Waals surface area contributed by atoms with Crippen LogP contribution in [-0.2, 0) is 28.4 Å². The topological polar surface area (TPSA) is 119 Å². The molecule has 1 fully saturated rings. The summed E-state index contributed by atoms with van der Waals surface area (Å²) >= 11 is 0. The van der Waals surface area contributed by atoms with Crippen molar-refractivity contribution >= 4 is 25.0 Å². The van der Waals surface area contributed by atoms with Crippen molar-refractivity contribution in [2.45, 2.75) is 146 Å². The minimum Gasteiger partial charge on any atom is -0.497 e. The summed E-state index contributed by atoms with van der Waals surface area (Å²) in [6.45, 7) is 33.1. The quantitative estimate of drug-likeness (QED) is 0.0865. The molecule has 1 aliphatic heterocycles. The number of benzene rings is 3. The van der Waals surface area contributed by atoms with E-state index in [2.05, 4.69) is 119 Å². The lowest BCUT2D eigenvalue weighted by atomic mass is 9.79. The van der Waals surface area contributed by atoms with Gasteiger partial charge in [0.2, 0.25) is 0 Å². The third-order valence-corrected chi connectivity index (χ3v) is 27.6. The van der Waals surface area contributed by atoms with Gasteiger partial charge in [-0.2, -0.15) is 0 Å². The van der Waals surface area contributed by atoms with Crippen molar-refractivity contribution in [1.29, 1.82) is 0 Å². The number of nitrogens with one attached hydrogen (secondary N) is 1. The number of H-pyrrole nitrogens is 1. The van der Waals surface area contributed by atoms with Gasteiger partial charge >= 0.3 is 5.69 Å². The van der Waals surface area contributed by atoms with Crippen LogP contribution in [-0.4, -0.2) is 79.7 Å². The maximum absolute atomic E-state index is 14.0. The van der Waals surface area contributed by atoms with E-state index >= 15 is 0 Å². The van der Waals surface area contributed by atoms with E-state index in [1.54, 1.807) is 14.2 Å². The second-order valence-electron chi connectivity index (χ2n) is 21.6. The lowest BCUT2D eigenvalue weighted by Crippen LogP contribution is -2.61. The van der Waals surface area contributed by atoms with Crippen LogP contribution < -0.4 is 20.7 Å². The molecule has 0 saturated carbocycles. The van der Waals surface area contributed by atoms with E-state index in [1.165, 1.54) is 16.8 Å². The number of ether oxygens (including phenoxy) is 4. The predicted octanol–water partition coefficient (Wildman–Crippen LogP) is 10.6. The standard InChI is InChI=1S/C49H74N2O9Si3/c1-45(2,3)61(12,13)57-34-48(33-56-49(35-21-19-18-20-22-35,36-23-27-38(54-10)28-24-36)37-25-29-39(55-11)30-26-37)42(60-63(16,17)47(7,8)9)41(59-62(14,15)46(4,5)6)43(58-48)51-32-31-40(52)50-44(51)53/h18-32,41-43H,33-34H2,1-17H3,(H,50,52,53)/t41-,42+,43-,48-/m1/s1. The van der Waals surface area contributed by atoms with Gasteiger partial charge in [-0.25, -0.2) is 4.79 Å². The van der Waals surface area contributed by atoms with Crippen molar-refractivity contribution in [2.75, 3.05) is 27.4 Å². The van der Waals surface area contributed by atoms with Crippen LogP contribution in [0.1, 0.15) is 85.2 Å². The average molecular weight is 919 g/mol. The molecule has 0 spiro atoms. The zero-order valence-electron chi connectivity index (χ0n) is 40.9. The molecular weight excluding hydrogens is 845 g/mol. The smallest absolute Gasteiger partial charge is 0.330 e. The average Bonchev–Trinajstić information content (AvgIpc) is 3.47. The maximum atomic E-state index is 14.0. The summed E-state index contributed by atoms with van der Waals surface area (Å²) in [5, 5.41) is -0.607. The first kappa shape index (κ1) is 50.4. The first-order chi connectivity index (χ1) is 29.0. The van der Waals surface area contributed by atoms with Gasteiger partial charge in [0.15, 0.2) is 31.2 Å². The minimum absolute atomic E-state index is 0.0557. The van der Waals surface area contributed by atoms with Gasteiger partial charge in [0, 0.05) is 12.3 Å². The molecule has 0 amide bonds. The molecule has 1 N–H and O–H groups in total. The molecule has 0 bridgehead atoms. The monoisotopic (exact) mass is 918 g/mol. The molecule has 14 heteroatoms.